The number of aliphatic hydroxyl groups excluding tert-OH is 1. The van der Waals surface area contributed by atoms with Gasteiger partial charge in [0.2, 0.25) is 0 Å². The highest BCUT2D eigenvalue weighted by molar-refractivity contribution is 5.96. The molecule has 7 heteroatoms. The molecule has 1 aliphatic carbocycles. The van der Waals surface area contributed by atoms with Gasteiger partial charge >= 0.3 is 0 Å². The number of nitrogens with zero attached hydrogens (tertiary/aromatic N) is 3. The minimum Gasteiger partial charge on any atom is -0.396 e. The molecule has 0 unspecified atom stereocenters. The minimum atomic E-state index is -0.650. The van der Waals surface area contributed by atoms with Gasteiger partial charge in [-0.3, -0.25) is 4.79 Å². The van der Waals surface area contributed by atoms with E-state index < -0.39 is 11.6 Å². The largest absolute Gasteiger partial charge is 0.396 e. The van der Waals surface area contributed by atoms with E-state index in [0.717, 1.165) is 12.8 Å². The molecular weight excluding hydrogens is 400 g/mol. The molecule has 1 fully saturated rings. The molecule has 164 valence electrons. The third-order valence-electron chi connectivity index (χ3n) is 6.21. The van der Waals surface area contributed by atoms with Crippen molar-refractivity contribution in [2.45, 2.75) is 39.5 Å². The lowest BCUT2D eigenvalue weighted by Gasteiger charge is -2.24. The fraction of sp³-hybridized carbons (Fsp3) is 0.417. The summed E-state index contributed by atoms with van der Waals surface area (Å²) in [4.78, 5) is 14.9. The topological polar surface area (TPSA) is 57.8 Å². The van der Waals surface area contributed by atoms with Gasteiger partial charge in [-0.15, -0.1) is 0 Å². The van der Waals surface area contributed by atoms with Crippen LogP contribution >= 0.6 is 0 Å². The second-order valence-electron chi connectivity index (χ2n) is 8.96. The zero-order valence-corrected chi connectivity index (χ0v) is 18.2. The van der Waals surface area contributed by atoms with E-state index in [0.29, 0.717) is 34.6 Å². The number of rotatable bonds is 6. The average molecular weight is 427 g/mol. The summed E-state index contributed by atoms with van der Waals surface area (Å²) in [7, 11) is 1.74. The van der Waals surface area contributed by atoms with Crippen LogP contribution in [0.15, 0.2) is 30.3 Å². The number of halogens is 2. The molecule has 4 rings (SSSR count). The van der Waals surface area contributed by atoms with Crippen LogP contribution in [0.1, 0.15) is 54.4 Å². The molecule has 1 aromatic carbocycles. The Bertz CT molecular complexity index is 1150. The average Bonchev–Trinajstić information content (AvgIpc) is 3.42. The lowest BCUT2D eigenvalue weighted by Crippen LogP contribution is -2.35. The maximum atomic E-state index is 14.5. The standard InChI is InChI=1S/C24H27F2N3O2/c1-14(2)22-16(23(31)28(4)12-24(13-30)10-11-24)8-9-19-20(15(3)27-29(19)22)21-17(25)6-5-7-18(21)26/h5-9,14,30H,10-13H2,1-4H3. The molecule has 2 heterocycles. The van der Waals surface area contributed by atoms with Crippen LogP contribution < -0.4 is 0 Å². The van der Waals surface area contributed by atoms with Gasteiger partial charge in [-0.05, 0) is 49.9 Å². The maximum Gasteiger partial charge on any atom is 0.255 e. The lowest BCUT2D eigenvalue weighted by atomic mass is 9.99. The van der Waals surface area contributed by atoms with Crippen LogP contribution in [-0.4, -0.2) is 45.7 Å². The Hall–Kier alpha value is -2.80. The van der Waals surface area contributed by atoms with Crippen molar-refractivity contribution in [2.75, 3.05) is 20.2 Å². The molecule has 3 aromatic rings. The number of pyridine rings is 1. The second kappa shape index (κ2) is 7.71. The summed E-state index contributed by atoms with van der Waals surface area (Å²) in [6.07, 6.45) is 1.82. The Balaban J connectivity index is 1.85. The predicted octanol–water partition coefficient (Wildman–Crippen LogP) is 4.56. The molecule has 0 saturated heterocycles. The zero-order chi connectivity index (χ0) is 22.5. The molecule has 2 aromatic heterocycles. The number of amides is 1. The van der Waals surface area contributed by atoms with Gasteiger partial charge in [0.1, 0.15) is 11.6 Å². The Morgan fingerprint density at radius 2 is 1.84 bits per heavy atom. The van der Waals surface area contributed by atoms with Crippen molar-refractivity contribution >= 4 is 11.4 Å². The highest BCUT2D eigenvalue weighted by atomic mass is 19.1. The molecular formula is C24H27F2N3O2. The molecule has 0 radical (unpaired) electrons. The van der Waals surface area contributed by atoms with E-state index >= 15 is 0 Å². The van der Waals surface area contributed by atoms with E-state index in [9.17, 15) is 18.7 Å². The molecule has 0 spiro atoms. The van der Waals surface area contributed by atoms with Crippen molar-refractivity contribution in [3.05, 3.63) is 58.9 Å². The van der Waals surface area contributed by atoms with E-state index in [2.05, 4.69) is 5.10 Å². The van der Waals surface area contributed by atoms with Crippen LogP contribution in [0, 0.1) is 24.0 Å². The van der Waals surface area contributed by atoms with Crippen molar-refractivity contribution in [3.8, 4) is 11.1 Å². The van der Waals surface area contributed by atoms with Crippen molar-refractivity contribution in [2.24, 2.45) is 5.41 Å². The van der Waals surface area contributed by atoms with Crippen molar-refractivity contribution < 1.29 is 18.7 Å². The molecule has 1 N–H and O–H groups in total. The van der Waals surface area contributed by atoms with Crippen molar-refractivity contribution in [1.29, 1.82) is 0 Å². The van der Waals surface area contributed by atoms with E-state index in [1.807, 2.05) is 13.8 Å². The summed E-state index contributed by atoms with van der Waals surface area (Å²) in [6, 6.07) is 7.21. The SMILES string of the molecule is Cc1nn2c(C(C)C)c(C(=O)N(C)CC3(CO)CC3)ccc2c1-c1c(F)cccc1F. The van der Waals surface area contributed by atoms with Gasteiger partial charge in [0.15, 0.2) is 0 Å². The number of aryl methyl sites for hydroxylation is 1. The predicted molar refractivity (Wildman–Crippen MR) is 115 cm³/mol. The Morgan fingerprint density at radius 3 is 2.39 bits per heavy atom. The normalized spacial score (nSPS) is 15.0. The highest BCUT2D eigenvalue weighted by Crippen LogP contribution is 2.45. The third kappa shape index (κ3) is 3.61. The Labute approximate surface area is 180 Å². The zero-order valence-electron chi connectivity index (χ0n) is 18.2. The number of benzene rings is 1. The molecule has 31 heavy (non-hydrogen) atoms. The van der Waals surface area contributed by atoms with Crippen LogP contribution in [0.3, 0.4) is 0 Å². The van der Waals surface area contributed by atoms with Crippen LogP contribution in [0.25, 0.3) is 16.6 Å². The number of hydrogen-bond acceptors (Lipinski definition) is 3. The number of carbonyl (C=O) groups is 1. The van der Waals surface area contributed by atoms with Crippen LogP contribution in [0.5, 0.6) is 0 Å². The van der Waals surface area contributed by atoms with Gasteiger partial charge in [0, 0.05) is 24.6 Å². The first-order valence-electron chi connectivity index (χ1n) is 10.5. The number of aliphatic hydroxyl groups is 1. The van der Waals surface area contributed by atoms with E-state index in [1.54, 1.807) is 35.5 Å². The van der Waals surface area contributed by atoms with E-state index in [1.165, 1.54) is 18.2 Å². The van der Waals surface area contributed by atoms with Gasteiger partial charge in [-0.25, -0.2) is 13.3 Å². The molecule has 1 amide bonds. The number of fused-ring (bicyclic) bond motifs is 1. The summed E-state index contributed by atoms with van der Waals surface area (Å²) >= 11 is 0. The molecule has 0 bridgehead atoms. The summed E-state index contributed by atoms with van der Waals surface area (Å²) in [6.45, 7) is 6.19. The third-order valence-corrected chi connectivity index (χ3v) is 6.21. The molecule has 1 aliphatic rings. The summed E-state index contributed by atoms with van der Waals surface area (Å²) in [5.74, 6) is -1.51. The van der Waals surface area contributed by atoms with Gasteiger partial charge in [0.05, 0.1) is 34.6 Å². The van der Waals surface area contributed by atoms with E-state index in [-0.39, 0.29) is 29.4 Å². The number of hydrogen-bond donors (Lipinski definition) is 1. The summed E-state index contributed by atoms with van der Waals surface area (Å²) in [5, 5.41) is 14.2. The monoisotopic (exact) mass is 427 g/mol. The van der Waals surface area contributed by atoms with Crippen molar-refractivity contribution in [3.63, 3.8) is 0 Å². The van der Waals surface area contributed by atoms with Gasteiger partial charge in [-0.2, -0.15) is 5.10 Å². The fourth-order valence-electron chi connectivity index (χ4n) is 4.35. The second-order valence-corrected chi connectivity index (χ2v) is 8.96. The minimum absolute atomic E-state index is 0.0543. The summed E-state index contributed by atoms with van der Waals surface area (Å²) in [5.41, 5.74) is 2.32. The molecule has 0 aliphatic heterocycles. The first-order valence-corrected chi connectivity index (χ1v) is 10.5. The van der Waals surface area contributed by atoms with E-state index in [4.69, 9.17) is 0 Å². The van der Waals surface area contributed by atoms with Crippen LogP contribution in [-0.2, 0) is 0 Å². The number of aromatic nitrogens is 2. The first kappa shape index (κ1) is 21.4. The quantitative estimate of drug-likeness (QED) is 0.628. The lowest BCUT2D eigenvalue weighted by molar-refractivity contribution is 0.0731. The Morgan fingerprint density at radius 1 is 1.19 bits per heavy atom. The Kier molecular flexibility index (Phi) is 5.33. The number of carbonyl (C=O) groups excluding carboxylic acids is 1. The van der Waals surface area contributed by atoms with Crippen LogP contribution in [0.2, 0.25) is 0 Å². The highest BCUT2D eigenvalue weighted by Gasteiger charge is 2.43. The maximum absolute atomic E-state index is 14.5. The van der Waals surface area contributed by atoms with Gasteiger partial charge in [-0.1, -0.05) is 19.9 Å². The van der Waals surface area contributed by atoms with Crippen LogP contribution in [0.4, 0.5) is 8.78 Å². The van der Waals surface area contributed by atoms with Gasteiger partial charge in [0.25, 0.3) is 5.91 Å². The van der Waals surface area contributed by atoms with Crippen molar-refractivity contribution in [1.82, 2.24) is 14.5 Å². The summed E-state index contributed by atoms with van der Waals surface area (Å²) < 4.78 is 30.7. The smallest absolute Gasteiger partial charge is 0.255 e. The molecule has 0 atom stereocenters. The van der Waals surface area contributed by atoms with Gasteiger partial charge < -0.3 is 10.0 Å². The first-order chi connectivity index (χ1) is 14.7. The molecule has 5 nitrogen and oxygen atoms in total. The fourth-order valence-corrected chi connectivity index (χ4v) is 4.35. The molecule has 1 saturated carbocycles.